The Bertz CT molecular complexity index is 576. The third kappa shape index (κ3) is 2.45. The third-order valence-electron chi connectivity index (χ3n) is 3.26. The number of carbonyl (C=O) groups is 1. The molecule has 0 aliphatic rings. The molecule has 1 heterocycles. The lowest BCUT2D eigenvalue weighted by Gasteiger charge is -2.15. The minimum absolute atomic E-state index is 0.259. The van der Waals surface area contributed by atoms with Crippen LogP contribution in [0.5, 0.6) is 0 Å². The van der Waals surface area contributed by atoms with Crippen molar-refractivity contribution >= 4 is 16.7 Å². The molecule has 0 fully saturated rings. The second-order valence-electron chi connectivity index (χ2n) is 5.76. The van der Waals surface area contributed by atoms with Gasteiger partial charge in [0.2, 0.25) is 0 Å². The van der Waals surface area contributed by atoms with Gasteiger partial charge in [-0.2, -0.15) is 5.10 Å². The van der Waals surface area contributed by atoms with Gasteiger partial charge in [0.1, 0.15) is 5.78 Å². The Labute approximate surface area is 108 Å². The molecule has 0 aliphatic carbocycles. The zero-order valence-electron chi connectivity index (χ0n) is 11.5. The average molecular weight is 244 g/mol. The molecule has 0 radical (unpaired) electrons. The highest BCUT2D eigenvalue weighted by Gasteiger charge is 2.21. The van der Waals surface area contributed by atoms with E-state index >= 15 is 0 Å². The highest BCUT2D eigenvalue weighted by atomic mass is 16.1. The summed E-state index contributed by atoms with van der Waals surface area (Å²) in [6, 6.07) is 8.14. The number of Topliss-reactive ketones (excluding diaryl/α,β-unsaturated/α-hetero) is 1. The number of fused-ring (bicyclic) bond motifs is 1. The normalized spacial score (nSPS) is 12.0. The first-order valence-electron chi connectivity index (χ1n) is 6.33. The summed E-state index contributed by atoms with van der Waals surface area (Å²) in [6.07, 6.45) is 1.28. The van der Waals surface area contributed by atoms with Crippen molar-refractivity contribution in [3.8, 4) is 0 Å². The first kappa shape index (κ1) is 12.8. The van der Waals surface area contributed by atoms with Crippen LogP contribution in [0.2, 0.25) is 0 Å². The maximum absolute atomic E-state index is 11.9. The molecule has 2 aromatic rings. The second kappa shape index (κ2) is 4.56. The van der Waals surface area contributed by atoms with Crippen molar-refractivity contribution < 1.29 is 4.79 Å². The van der Waals surface area contributed by atoms with Gasteiger partial charge >= 0.3 is 0 Å². The van der Waals surface area contributed by atoms with Crippen molar-refractivity contribution in [2.24, 2.45) is 12.5 Å². The number of aryl methyl sites for hydroxylation is 2. The fourth-order valence-electron chi connectivity index (χ4n) is 2.08. The second-order valence-corrected chi connectivity index (χ2v) is 5.76. The predicted octanol–water partition coefficient (Wildman–Crippen LogP) is 3.12. The molecule has 1 aromatic heterocycles. The number of rotatable bonds is 3. The largest absolute Gasteiger partial charge is 0.299 e. The van der Waals surface area contributed by atoms with E-state index in [0.717, 1.165) is 23.0 Å². The number of ketones is 1. The Morgan fingerprint density at radius 2 is 1.94 bits per heavy atom. The van der Waals surface area contributed by atoms with Crippen LogP contribution in [0.4, 0.5) is 0 Å². The highest BCUT2D eigenvalue weighted by Crippen LogP contribution is 2.22. The molecule has 0 aliphatic heterocycles. The van der Waals surface area contributed by atoms with E-state index in [0.29, 0.717) is 6.42 Å². The van der Waals surface area contributed by atoms with Crippen LogP contribution in [0.1, 0.15) is 32.9 Å². The van der Waals surface area contributed by atoms with Crippen molar-refractivity contribution in [3.05, 3.63) is 30.0 Å². The van der Waals surface area contributed by atoms with Gasteiger partial charge in [0.05, 0.1) is 11.2 Å². The van der Waals surface area contributed by atoms with Gasteiger partial charge in [-0.05, 0) is 12.5 Å². The summed E-state index contributed by atoms with van der Waals surface area (Å²) in [4.78, 5) is 11.9. The highest BCUT2D eigenvalue weighted by molar-refractivity contribution is 5.85. The molecule has 1 aromatic carbocycles. The van der Waals surface area contributed by atoms with Crippen molar-refractivity contribution in [3.63, 3.8) is 0 Å². The van der Waals surface area contributed by atoms with Crippen molar-refractivity contribution in [1.82, 2.24) is 9.78 Å². The van der Waals surface area contributed by atoms with Gasteiger partial charge in [0, 0.05) is 24.3 Å². The number of benzene rings is 1. The van der Waals surface area contributed by atoms with Gasteiger partial charge in [-0.3, -0.25) is 9.48 Å². The van der Waals surface area contributed by atoms with E-state index in [1.807, 2.05) is 44.6 Å². The number of hydrogen-bond acceptors (Lipinski definition) is 2. The predicted molar refractivity (Wildman–Crippen MR) is 73.5 cm³/mol. The fraction of sp³-hybridized carbons (Fsp3) is 0.467. The van der Waals surface area contributed by atoms with E-state index in [4.69, 9.17) is 0 Å². The average Bonchev–Trinajstić information content (AvgIpc) is 2.63. The molecule has 0 saturated carbocycles. The van der Waals surface area contributed by atoms with E-state index in [9.17, 15) is 4.79 Å². The Hall–Kier alpha value is -1.64. The first-order valence-corrected chi connectivity index (χ1v) is 6.33. The molecule has 0 saturated heterocycles. The van der Waals surface area contributed by atoms with E-state index in [2.05, 4.69) is 17.2 Å². The number of hydrogen-bond donors (Lipinski definition) is 0. The van der Waals surface area contributed by atoms with Crippen LogP contribution in [0.3, 0.4) is 0 Å². The number of carbonyl (C=O) groups excluding carboxylic acids is 1. The van der Waals surface area contributed by atoms with E-state index in [-0.39, 0.29) is 11.2 Å². The lowest BCUT2D eigenvalue weighted by molar-refractivity contribution is -0.126. The molecule has 18 heavy (non-hydrogen) atoms. The third-order valence-corrected chi connectivity index (χ3v) is 3.26. The van der Waals surface area contributed by atoms with Crippen LogP contribution in [-0.2, 0) is 18.3 Å². The summed E-state index contributed by atoms with van der Waals surface area (Å²) in [7, 11) is 1.94. The Balaban J connectivity index is 2.21. The Morgan fingerprint density at radius 1 is 1.28 bits per heavy atom. The van der Waals surface area contributed by atoms with Crippen LogP contribution in [0, 0.1) is 5.41 Å². The molecular weight excluding hydrogens is 224 g/mol. The van der Waals surface area contributed by atoms with Crippen LogP contribution in [-0.4, -0.2) is 15.6 Å². The van der Waals surface area contributed by atoms with Gasteiger partial charge in [-0.15, -0.1) is 0 Å². The summed E-state index contributed by atoms with van der Waals surface area (Å²) in [5, 5.41) is 5.66. The van der Waals surface area contributed by atoms with Crippen molar-refractivity contribution in [2.75, 3.05) is 0 Å². The minimum Gasteiger partial charge on any atom is -0.299 e. The van der Waals surface area contributed by atoms with Crippen LogP contribution >= 0.6 is 0 Å². The first-order chi connectivity index (χ1) is 8.39. The van der Waals surface area contributed by atoms with Gasteiger partial charge in [0.15, 0.2) is 0 Å². The quantitative estimate of drug-likeness (QED) is 0.831. The molecule has 0 N–H and O–H groups in total. The number of aromatic nitrogens is 2. The van der Waals surface area contributed by atoms with E-state index < -0.39 is 0 Å². The molecule has 0 amide bonds. The van der Waals surface area contributed by atoms with E-state index in [1.54, 1.807) is 0 Å². The molecule has 3 heteroatoms. The lowest BCUT2D eigenvalue weighted by Crippen LogP contribution is -2.20. The monoisotopic (exact) mass is 244 g/mol. The minimum atomic E-state index is -0.259. The molecule has 0 spiro atoms. The molecule has 3 nitrogen and oxygen atoms in total. The topological polar surface area (TPSA) is 34.9 Å². The summed E-state index contributed by atoms with van der Waals surface area (Å²) >= 11 is 0. The summed E-state index contributed by atoms with van der Waals surface area (Å²) in [5.74, 6) is 0.289. The molecule has 2 rings (SSSR count). The summed E-state index contributed by atoms with van der Waals surface area (Å²) in [6.45, 7) is 5.89. The zero-order chi connectivity index (χ0) is 13.3. The molecule has 0 unspecified atom stereocenters. The SMILES string of the molecule is Cn1nc(CCC(=O)C(C)(C)C)c2ccccc21. The maximum Gasteiger partial charge on any atom is 0.138 e. The maximum atomic E-state index is 11.9. The van der Waals surface area contributed by atoms with Crippen LogP contribution < -0.4 is 0 Å². The molecule has 96 valence electrons. The summed E-state index contributed by atoms with van der Waals surface area (Å²) < 4.78 is 1.88. The molecule has 0 bridgehead atoms. The Kier molecular flexibility index (Phi) is 3.24. The van der Waals surface area contributed by atoms with Gasteiger partial charge in [-0.1, -0.05) is 39.0 Å². The molecule has 0 atom stereocenters. The Morgan fingerprint density at radius 3 is 2.61 bits per heavy atom. The van der Waals surface area contributed by atoms with Crippen molar-refractivity contribution in [1.29, 1.82) is 0 Å². The van der Waals surface area contributed by atoms with E-state index in [1.165, 1.54) is 0 Å². The standard InChI is InChI=1S/C15H20N2O/c1-15(2,3)14(18)10-9-12-11-7-5-6-8-13(11)17(4)16-12/h5-8H,9-10H2,1-4H3. The zero-order valence-corrected chi connectivity index (χ0v) is 11.5. The van der Waals surface area contributed by atoms with Gasteiger partial charge < -0.3 is 0 Å². The van der Waals surface area contributed by atoms with Gasteiger partial charge in [-0.25, -0.2) is 0 Å². The van der Waals surface area contributed by atoms with Gasteiger partial charge in [0.25, 0.3) is 0 Å². The number of nitrogens with zero attached hydrogens (tertiary/aromatic N) is 2. The van der Waals surface area contributed by atoms with Crippen molar-refractivity contribution in [2.45, 2.75) is 33.6 Å². The smallest absolute Gasteiger partial charge is 0.138 e. The molecular formula is C15H20N2O. The fourth-order valence-corrected chi connectivity index (χ4v) is 2.08. The lowest BCUT2D eigenvalue weighted by atomic mass is 9.88. The summed E-state index contributed by atoms with van der Waals surface area (Å²) in [5.41, 5.74) is 1.88. The van der Waals surface area contributed by atoms with Crippen LogP contribution in [0.25, 0.3) is 10.9 Å². The number of para-hydroxylation sites is 1. The van der Waals surface area contributed by atoms with Crippen LogP contribution in [0.15, 0.2) is 24.3 Å².